The molecule has 2 aromatic carbocycles. The number of carbonyl (C=O) groups excluding carboxylic acids is 1. The number of amides is 1. The summed E-state index contributed by atoms with van der Waals surface area (Å²) in [5.41, 5.74) is 0.572. The van der Waals surface area contributed by atoms with Crippen molar-refractivity contribution in [2.45, 2.75) is 11.8 Å². The Balaban J connectivity index is 0.00000180. The van der Waals surface area contributed by atoms with E-state index < -0.39 is 10.1 Å². The van der Waals surface area contributed by atoms with Crippen LogP contribution in [0.4, 0.5) is 5.69 Å². The Kier molecular flexibility index (Phi) is 5.11. The van der Waals surface area contributed by atoms with Crippen molar-refractivity contribution >= 4 is 62.0 Å². The molecule has 1 radical (unpaired) electrons. The van der Waals surface area contributed by atoms with Crippen LogP contribution in [-0.4, -0.2) is 48.4 Å². The summed E-state index contributed by atoms with van der Waals surface area (Å²) in [5, 5.41) is 4.04. The maximum atomic E-state index is 11.0. The molecule has 0 aliphatic heterocycles. The Morgan fingerprint density at radius 1 is 1.11 bits per heavy atom. The van der Waals surface area contributed by atoms with Gasteiger partial charge in [-0.25, -0.2) is 0 Å². The van der Waals surface area contributed by atoms with Gasteiger partial charge in [0.1, 0.15) is 0 Å². The average molecular weight is 288 g/mol. The van der Waals surface area contributed by atoms with Crippen molar-refractivity contribution in [2.75, 3.05) is 5.32 Å². The number of benzene rings is 2. The molecule has 5 nitrogen and oxygen atoms in total. The van der Waals surface area contributed by atoms with Crippen LogP contribution in [0.3, 0.4) is 0 Å². The van der Waals surface area contributed by atoms with Crippen LogP contribution in [0.5, 0.6) is 0 Å². The number of hydrogen-bond donors (Lipinski definition) is 2. The maximum Gasteiger partial charge on any atom is 0.294 e. The van der Waals surface area contributed by atoms with E-state index in [0.717, 1.165) is 5.39 Å². The van der Waals surface area contributed by atoms with Gasteiger partial charge in [0.15, 0.2) is 0 Å². The zero-order valence-electron chi connectivity index (χ0n) is 10.5. The van der Waals surface area contributed by atoms with E-state index in [0.29, 0.717) is 11.1 Å². The van der Waals surface area contributed by atoms with Gasteiger partial charge in [-0.2, -0.15) is 8.42 Å². The Labute approximate surface area is 133 Å². The second-order valence-corrected chi connectivity index (χ2v) is 5.30. The largest absolute Gasteiger partial charge is 0.326 e. The third kappa shape index (κ3) is 4.02. The molecule has 0 spiro atoms. The molecule has 0 aliphatic rings. The second-order valence-electron chi connectivity index (χ2n) is 3.88. The summed E-state index contributed by atoms with van der Waals surface area (Å²) in [7, 11) is -4.22. The van der Waals surface area contributed by atoms with Crippen LogP contribution in [0.25, 0.3) is 10.8 Å². The summed E-state index contributed by atoms with van der Waals surface area (Å²) in [6.07, 6.45) is 0. The molecule has 0 aromatic heterocycles. The van der Waals surface area contributed by atoms with Crippen molar-refractivity contribution in [3.05, 3.63) is 36.4 Å². The molecule has 0 unspecified atom stereocenters. The molecule has 95 valence electrons. The van der Waals surface area contributed by atoms with Gasteiger partial charge in [0.25, 0.3) is 10.1 Å². The summed E-state index contributed by atoms with van der Waals surface area (Å²) < 4.78 is 31.0. The number of rotatable bonds is 2. The molecule has 2 N–H and O–H groups in total. The first kappa shape index (κ1) is 16.1. The molecule has 0 fully saturated rings. The van der Waals surface area contributed by atoms with Gasteiger partial charge >= 0.3 is 0 Å². The standard InChI is InChI=1S/C12H11NO4S.Na/c1-8(14)13-11-4-2-9-3-5-12(18(15,16)17)7-10(9)6-11;/h2-7H,1H3,(H,13,14)(H,15,16,17);. The van der Waals surface area contributed by atoms with Crippen molar-refractivity contribution < 1.29 is 17.8 Å². The van der Waals surface area contributed by atoms with Gasteiger partial charge in [-0.15, -0.1) is 0 Å². The van der Waals surface area contributed by atoms with Crippen molar-refractivity contribution in [1.82, 2.24) is 0 Å². The summed E-state index contributed by atoms with van der Waals surface area (Å²) >= 11 is 0. The summed E-state index contributed by atoms with van der Waals surface area (Å²) in [5.74, 6) is -0.208. The fraction of sp³-hybridized carbons (Fsp3) is 0.0833. The molecule has 0 heterocycles. The Morgan fingerprint density at radius 3 is 2.32 bits per heavy atom. The zero-order chi connectivity index (χ0) is 13.3. The van der Waals surface area contributed by atoms with Gasteiger partial charge < -0.3 is 5.32 Å². The summed E-state index contributed by atoms with van der Waals surface area (Å²) in [4.78, 5) is 10.8. The number of carbonyl (C=O) groups is 1. The zero-order valence-corrected chi connectivity index (χ0v) is 13.4. The molecule has 0 atom stereocenters. The van der Waals surface area contributed by atoms with Crippen molar-refractivity contribution in [2.24, 2.45) is 0 Å². The molecule has 2 rings (SSSR count). The first-order chi connectivity index (χ1) is 8.36. The maximum absolute atomic E-state index is 11.0. The van der Waals surface area contributed by atoms with Crippen LogP contribution in [0.2, 0.25) is 0 Å². The fourth-order valence-corrected chi connectivity index (χ4v) is 2.18. The Hall–Kier alpha value is -0.920. The second kappa shape index (κ2) is 6.02. The van der Waals surface area contributed by atoms with Crippen LogP contribution >= 0.6 is 0 Å². The molecule has 2 aromatic rings. The van der Waals surface area contributed by atoms with Gasteiger partial charge in [0.05, 0.1) is 4.90 Å². The van der Waals surface area contributed by atoms with Crippen LogP contribution in [0.1, 0.15) is 6.92 Å². The molecule has 0 saturated carbocycles. The monoisotopic (exact) mass is 288 g/mol. The topological polar surface area (TPSA) is 83.5 Å². The predicted octanol–water partition coefficient (Wildman–Crippen LogP) is 1.66. The van der Waals surface area contributed by atoms with E-state index in [2.05, 4.69) is 5.32 Å². The smallest absolute Gasteiger partial charge is 0.294 e. The molecule has 7 heteroatoms. The molecule has 0 saturated heterocycles. The minimum Gasteiger partial charge on any atom is -0.326 e. The van der Waals surface area contributed by atoms with Crippen LogP contribution in [0.15, 0.2) is 41.3 Å². The first-order valence-corrected chi connectivity index (χ1v) is 6.59. The third-order valence-corrected chi connectivity index (χ3v) is 3.28. The van der Waals surface area contributed by atoms with E-state index >= 15 is 0 Å². The van der Waals surface area contributed by atoms with E-state index in [1.54, 1.807) is 24.3 Å². The van der Waals surface area contributed by atoms with Crippen molar-refractivity contribution in [3.8, 4) is 0 Å². The Bertz CT molecular complexity index is 728. The van der Waals surface area contributed by atoms with E-state index in [-0.39, 0.29) is 40.4 Å². The van der Waals surface area contributed by atoms with Crippen LogP contribution in [-0.2, 0) is 14.9 Å². The number of nitrogens with one attached hydrogen (secondary N) is 1. The summed E-state index contributed by atoms with van der Waals surface area (Å²) in [6.45, 7) is 1.39. The van der Waals surface area contributed by atoms with Gasteiger partial charge in [0, 0.05) is 42.2 Å². The number of anilines is 1. The number of hydrogen-bond acceptors (Lipinski definition) is 3. The van der Waals surface area contributed by atoms with Gasteiger partial charge in [-0.1, -0.05) is 12.1 Å². The third-order valence-electron chi connectivity index (χ3n) is 2.43. The van der Waals surface area contributed by atoms with E-state index in [1.165, 1.54) is 19.1 Å². The van der Waals surface area contributed by atoms with Gasteiger partial charge in [-0.3, -0.25) is 9.35 Å². The van der Waals surface area contributed by atoms with Crippen molar-refractivity contribution in [3.63, 3.8) is 0 Å². The SMILES string of the molecule is CC(=O)Nc1ccc2ccc(S(=O)(=O)O)cc2c1.[Na]. The van der Waals surface area contributed by atoms with E-state index in [9.17, 15) is 13.2 Å². The first-order valence-electron chi connectivity index (χ1n) is 5.15. The minimum atomic E-state index is -4.22. The molecule has 0 bridgehead atoms. The normalized spacial score (nSPS) is 10.8. The van der Waals surface area contributed by atoms with Gasteiger partial charge in [-0.05, 0) is 35.0 Å². The fourth-order valence-electron chi connectivity index (χ4n) is 1.67. The molecular formula is C12H11NNaO4S. The van der Waals surface area contributed by atoms with E-state index in [1.807, 2.05) is 0 Å². The average Bonchev–Trinajstić information content (AvgIpc) is 2.26. The van der Waals surface area contributed by atoms with E-state index in [4.69, 9.17) is 4.55 Å². The number of fused-ring (bicyclic) bond motifs is 1. The van der Waals surface area contributed by atoms with Gasteiger partial charge in [0.2, 0.25) is 5.91 Å². The predicted molar refractivity (Wildman–Crippen MR) is 73.8 cm³/mol. The molecule has 19 heavy (non-hydrogen) atoms. The Morgan fingerprint density at radius 2 is 1.74 bits per heavy atom. The minimum absolute atomic E-state index is 0. The van der Waals surface area contributed by atoms with Crippen LogP contribution in [0, 0.1) is 0 Å². The summed E-state index contributed by atoms with van der Waals surface area (Å²) in [6, 6.07) is 9.40. The van der Waals surface area contributed by atoms with Crippen molar-refractivity contribution in [1.29, 1.82) is 0 Å². The molecule has 1 amide bonds. The quantitative estimate of drug-likeness (QED) is 0.650. The molecular weight excluding hydrogens is 277 g/mol. The van der Waals surface area contributed by atoms with Crippen LogP contribution < -0.4 is 5.32 Å². The molecule has 0 aliphatic carbocycles.